The van der Waals surface area contributed by atoms with E-state index in [9.17, 15) is 0 Å². The Morgan fingerprint density at radius 2 is 2.13 bits per heavy atom. The van der Waals surface area contributed by atoms with Crippen LogP contribution in [0.15, 0.2) is 24.3 Å². The summed E-state index contributed by atoms with van der Waals surface area (Å²) in [5, 5.41) is 3.56. The highest BCUT2D eigenvalue weighted by Gasteiger charge is 2.22. The summed E-state index contributed by atoms with van der Waals surface area (Å²) in [4.78, 5) is 0. The molecule has 0 saturated heterocycles. The molecule has 0 aliphatic heterocycles. The molecule has 2 rings (SSSR count). The van der Waals surface area contributed by atoms with Crippen molar-refractivity contribution in [2.45, 2.75) is 44.8 Å². The fourth-order valence-corrected chi connectivity index (χ4v) is 2.29. The van der Waals surface area contributed by atoms with Crippen LogP contribution in [0.25, 0.3) is 0 Å². The van der Waals surface area contributed by atoms with Crippen molar-refractivity contribution < 1.29 is 0 Å². The van der Waals surface area contributed by atoms with E-state index in [-0.39, 0.29) is 0 Å². The van der Waals surface area contributed by atoms with Gasteiger partial charge in [-0.05, 0) is 30.9 Å². The summed E-state index contributed by atoms with van der Waals surface area (Å²) in [5.41, 5.74) is 8.76. The van der Waals surface area contributed by atoms with Crippen LogP contribution in [0.3, 0.4) is 0 Å². The molecule has 0 radical (unpaired) electrons. The molecular weight excluding hydrogens is 184 g/mol. The molecule has 2 atom stereocenters. The monoisotopic (exact) mass is 204 g/mol. The molecule has 1 aromatic carbocycles. The van der Waals surface area contributed by atoms with Gasteiger partial charge in [0.1, 0.15) is 0 Å². The van der Waals surface area contributed by atoms with E-state index in [4.69, 9.17) is 5.73 Å². The van der Waals surface area contributed by atoms with Crippen LogP contribution < -0.4 is 11.1 Å². The first-order chi connectivity index (χ1) is 7.27. The van der Waals surface area contributed by atoms with E-state index in [1.807, 2.05) is 0 Å². The van der Waals surface area contributed by atoms with Crippen molar-refractivity contribution >= 4 is 0 Å². The van der Waals surface area contributed by atoms with Crippen molar-refractivity contribution in [2.75, 3.05) is 0 Å². The van der Waals surface area contributed by atoms with Gasteiger partial charge in [0, 0.05) is 18.6 Å². The lowest BCUT2D eigenvalue weighted by Crippen LogP contribution is -2.40. The Morgan fingerprint density at radius 1 is 1.33 bits per heavy atom. The van der Waals surface area contributed by atoms with Gasteiger partial charge in [0.05, 0.1) is 0 Å². The fraction of sp³-hybridized carbons (Fsp3) is 0.538. The summed E-state index contributed by atoms with van der Waals surface area (Å²) in [6, 6.07) is 9.39. The number of hydrogen-bond acceptors (Lipinski definition) is 2. The summed E-state index contributed by atoms with van der Waals surface area (Å²) in [6.45, 7) is 3.11. The van der Waals surface area contributed by atoms with Gasteiger partial charge in [-0.3, -0.25) is 0 Å². The standard InChI is InChI=1S/C13H20N2/c1-10-5-2-3-6-11(10)9-15-13-8-4-7-12(13)14/h2-3,5-6,12-13,15H,4,7-9,14H2,1H3. The predicted octanol–water partition coefficient (Wildman–Crippen LogP) is 1.96. The lowest BCUT2D eigenvalue weighted by atomic mass is 10.1. The quantitative estimate of drug-likeness (QED) is 0.790. The highest BCUT2D eigenvalue weighted by Crippen LogP contribution is 2.18. The van der Waals surface area contributed by atoms with Gasteiger partial charge in [0.25, 0.3) is 0 Å². The van der Waals surface area contributed by atoms with E-state index in [1.165, 1.54) is 30.4 Å². The van der Waals surface area contributed by atoms with Crippen molar-refractivity contribution in [1.29, 1.82) is 0 Å². The molecule has 0 amide bonds. The average Bonchev–Trinajstić information content (AvgIpc) is 2.63. The molecule has 2 nitrogen and oxygen atoms in total. The molecule has 82 valence electrons. The Balaban J connectivity index is 1.90. The molecule has 1 aliphatic carbocycles. The second-order valence-electron chi connectivity index (χ2n) is 4.51. The molecule has 1 fully saturated rings. The fourth-order valence-electron chi connectivity index (χ4n) is 2.29. The van der Waals surface area contributed by atoms with Crippen LogP contribution in [0.1, 0.15) is 30.4 Å². The van der Waals surface area contributed by atoms with Crippen molar-refractivity contribution in [1.82, 2.24) is 5.32 Å². The molecule has 0 spiro atoms. The molecule has 1 saturated carbocycles. The normalized spacial score (nSPS) is 25.7. The number of benzene rings is 1. The van der Waals surface area contributed by atoms with Crippen molar-refractivity contribution in [3.63, 3.8) is 0 Å². The Bertz CT molecular complexity index is 322. The van der Waals surface area contributed by atoms with Gasteiger partial charge < -0.3 is 11.1 Å². The highest BCUT2D eigenvalue weighted by molar-refractivity contribution is 5.25. The predicted molar refractivity (Wildman–Crippen MR) is 63.6 cm³/mol. The second-order valence-corrected chi connectivity index (χ2v) is 4.51. The van der Waals surface area contributed by atoms with Crippen molar-refractivity contribution in [2.24, 2.45) is 5.73 Å². The van der Waals surface area contributed by atoms with Gasteiger partial charge in [-0.15, -0.1) is 0 Å². The zero-order valence-corrected chi connectivity index (χ0v) is 9.37. The van der Waals surface area contributed by atoms with Crippen molar-refractivity contribution in [3.05, 3.63) is 35.4 Å². The third kappa shape index (κ3) is 2.58. The smallest absolute Gasteiger partial charge is 0.0222 e. The highest BCUT2D eigenvalue weighted by atomic mass is 15.0. The average molecular weight is 204 g/mol. The molecular formula is C13H20N2. The molecule has 0 heterocycles. The second kappa shape index (κ2) is 4.77. The van der Waals surface area contributed by atoms with Gasteiger partial charge in [0.2, 0.25) is 0 Å². The first-order valence-electron chi connectivity index (χ1n) is 5.81. The maximum Gasteiger partial charge on any atom is 0.0222 e. The van der Waals surface area contributed by atoms with E-state index in [1.54, 1.807) is 0 Å². The summed E-state index contributed by atoms with van der Waals surface area (Å²) < 4.78 is 0. The number of nitrogens with two attached hydrogens (primary N) is 1. The molecule has 1 aromatic rings. The third-order valence-corrected chi connectivity index (χ3v) is 3.39. The SMILES string of the molecule is Cc1ccccc1CNC1CCCC1N. The number of hydrogen-bond donors (Lipinski definition) is 2. The number of rotatable bonds is 3. The van der Waals surface area contributed by atoms with Crippen LogP contribution in [-0.2, 0) is 6.54 Å². The van der Waals surface area contributed by atoms with Gasteiger partial charge in [-0.25, -0.2) is 0 Å². The van der Waals surface area contributed by atoms with Crippen LogP contribution in [0.5, 0.6) is 0 Å². The van der Waals surface area contributed by atoms with Gasteiger partial charge in [-0.2, -0.15) is 0 Å². The van der Waals surface area contributed by atoms with Gasteiger partial charge in [-0.1, -0.05) is 30.7 Å². The Labute approximate surface area is 91.9 Å². The van der Waals surface area contributed by atoms with E-state index in [2.05, 4.69) is 36.5 Å². The Morgan fingerprint density at radius 3 is 2.80 bits per heavy atom. The summed E-state index contributed by atoms with van der Waals surface area (Å²) in [7, 11) is 0. The number of nitrogens with one attached hydrogen (secondary N) is 1. The lowest BCUT2D eigenvalue weighted by molar-refractivity contribution is 0.475. The first-order valence-corrected chi connectivity index (χ1v) is 5.81. The van der Waals surface area contributed by atoms with E-state index in [0.717, 1.165) is 6.54 Å². The summed E-state index contributed by atoms with van der Waals surface area (Å²) in [5.74, 6) is 0. The minimum atomic E-state index is 0.356. The lowest BCUT2D eigenvalue weighted by Gasteiger charge is -2.17. The van der Waals surface area contributed by atoms with Crippen LogP contribution in [-0.4, -0.2) is 12.1 Å². The third-order valence-electron chi connectivity index (χ3n) is 3.39. The molecule has 2 heteroatoms. The Hall–Kier alpha value is -0.860. The van der Waals surface area contributed by atoms with Gasteiger partial charge in [0.15, 0.2) is 0 Å². The van der Waals surface area contributed by atoms with E-state index >= 15 is 0 Å². The number of aryl methyl sites for hydroxylation is 1. The topological polar surface area (TPSA) is 38.0 Å². The summed E-state index contributed by atoms with van der Waals surface area (Å²) in [6.07, 6.45) is 3.67. The Kier molecular flexibility index (Phi) is 3.39. The van der Waals surface area contributed by atoms with E-state index < -0.39 is 0 Å². The molecule has 0 bridgehead atoms. The van der Waals surface area contributed by atoms with Crippen LogP contribution >= 0.6 is 0 Å². The van der Waals surface area contributed by atoms with Crippen LogP contribution in [0.2, 0.25) is 0 Å². The maximum atomic E-state index is 6.02. The maximum absolute atomic E-state index is 6.02. The largest absolute Gasteiger partial charge is 0.326 e. The summed E-state index contributed by atoms with van der Waals surface area (Å²) >= 11 is 0. The zero-order chi connectivity index (χ0) is 10.7. The molecule has 2 unspecified atom stereocenters. The van der Waals surface area contributed by atoms with Crippen molar-refractivity contribution in [3.8, 4) is 0 Å². The zero-order valence-electron chi connectivity index (χ0n) is 9.37. The van der Waals surface area contributed by atoms with Gasteiger partial charge >= 0.3 is 0 Å². The molecule has 15 heavy (non-hydrogen) atoms. The van der Waals surface area contributed by atoms with Crippen LogP contribution in [0.4, 0.5) is 0 Å². The molecule has 1 aliphatic rings. The first kappa shape index (κ1) is 10.7. The van der Waals surface area contributed by atoms with Crippen LogP contribution in [0, 0.1) is 6.92 Å². The minimum Gasteiger partial charge on any atom is -0.326 e. The minimum absolute atomic E-state index is 0.356. The van der Waals surface area contributed by atoms with E-state index in [0.29, 0.717) is 12.1 Å². The molecule has 0 aromatic heterocycles. The molecule has 3 N–H and O–H groups in total.